The van der Waals surface area contributed by atoms with Crippen molar-refractivity contribution in [2.75, 3.05) is 30.7 Å². The Labute approximate surface area is 220 Å². The van der Waals surface area contributed by atoms with E-state index in [-0.39, 0.29) is 18.8 Å². The molecule has 1 aromatic heterocycles. The highest BCUT2D eigenvalue weighted by Gasteiger charge is 2.30. The number of halogens is 3. The van der Waals surface area contributed by atoms with Crippen LogP contribution in [0.25, 0.3) is 11.0 Å². The molecule has 0 bridgehead atoms. The van der Waals surface area contributed by atoms with Gasteiger partial charge in [-0.2, -0.15) is 0 Å². The Kier molecular flexibility index (Phi) is 13.6. The molecule has 200 valence electrons. The van der Waals surface area contributed by atoms with Crippen LogP contribution in [0.3, 0.4) is 0 Å². The molecule has 35 heavy (non-hydrogen) atoms. The highest BCUT2D eigenvalue weighted by atomic mass is 35.5. The fourth-order valence-corrected chi connectivity index (χ4v) is 4.09. The van der Waals surface area contributed by atoms with Crippen LogP contribution in [0.15, 0.2) is 6.07 Å². The first-order chi connectivity index (χ1) is 16.2. The zero-order valence-corrected chi connectivity index (χ0v) is 21.8. The molecule has 0 saturated heterocycles. The summed E-state index contributed by atoms with van der Waals surface area (Å²) in [5.41, 5.74) is 10.5. The second-order valence-corrected chi connectivity index (χ2v) is 8.85. The van der Waals surface area contributed by atoms with Crippen molar-refractivity contribution in [2.24, 2.45) is 7.05 Å². The number of alkyl halides is 2. The molecular formula is C22H34Cl3N3O7. The van der Waals surface area contributed by atoms with Crippen LogP contribution < -0.4 is 5.73 Å². The summed E-state index contributed by atoms with van der Waals surface area (Å²) in [6.45, 7) is -1.35. The zero-order chi connectivity index (χ0) is 25.4. The van der Waals surface area contributed by atoms with Gasteiger partial charge in [-0.1, -0.05) is 0 Å². The van der Waals surface area contributed by atoms with Gasteiger partial charge in [-0.3, -0.25) is 4.79 Å². The van der Waals surface area contributed by atoms with Gasteiger partial charge in [-0.05, 0) is 30.9 Å². The number of imidazole rings is 1. The lowest BCUT2D eigenvalue weighted by Gasteiger charge is -2.25. The first-order valence-corrected chi connectivity index (χ1v) is 12.1. The largest absolute Gasteiger partial charge is 0.463 e. The summed E-state index contributed by atoms with van der Waals surface area (Å²) in [5.74, 6) is 1.00. The van der Waals surface area contributed by atoms with Crippen LogP contribution in [-0.2, 0) is 35.8 Å². The molecule has 1 heterocycles. The van der Waals surface area contributed by atoms with E-state index in [9.17, 15) is 25.2 Å². The second-order valence-electron chi connectivity index (χ2n) is 8.10. The number of aryl methyl sites for hydroxylation is 4. The lowest BCUT2D eigenvalue weighted by atomic mass is 10.0. The van der Waals surface area contributed by atoms with Crippen molar-refractivity contribution in [3.8, 4) is 0 Å². The van der Waals surface area contributed by atoms with E-state index in [1.165, 1.54) is 0 Å². The first-order valence-electron chi connectivity index (χ1n) is 11.0. The number of esters is 1. The van der Waals surface area contributed by atoms with Crippen LogP contribution in [0.1, 0.15) is 29.8 Å². The van der Waals surface area contributed by atoms with Gasteiger partial charge in [0.05, 0.1) is 17.6 Å². The molecule has 0 spiro atoms. The predicted molar refractivity (Wildman–Crippen MR) is 136 cm³/mol. The number of nitrogens with zero attached hydrogens (tertiary/aromatic N) is 2. The number of hydrogen-bond acceptors (Lipinski definition) is 9. The van der Waals surface area contributed by atoms with Crippen LogP contribution in [0.2, 0.25) is 0 Å². The Balaban J connectivity index is 0.00000612. The molecule has 2 rings (SSSR count). The van der Waals surface area contributed by atoms with Gasteiger partial charge in [-0.25, -0.2) is 4.98 Å². The third-order valence-electron chi connectivity index (χ3n) is 5.73. The van der Waals surface area contributed by atoms with E-state index < -0.39 is 43.6 Å². The number of hydrogen-bond donors (Lipinski definition) is 6. The molecule has 0 radical (unpaired) electrons. The van der Waals surface area contributed by atoms with Crippen molar-refractivity contribution in [1.82, 2.24) is 9.55 Å². The van der Waals surface area contributed by atoms with E-state index in [0.717, 1.165) is 28.0 Å². The molecule has 10 nitrogen and oxygen atoms in total. The SMILES string of the molecule is Cl.Cn1c(CCCC(=O)OCC(O)C(O)C(O)C(O)CO)nc2c(CCCl)c(N)c(CCCl)cc21. The van der Waals surface area contributed by atoms with Gasteiger partial charge in [0.15, 0.2) is 0 Å². The molecule has 0 fully saturated rings. The first kappa shape index (κ1) is 31.7. The van der Waals surface area contributed by atoms with Crippen molar-refractivity contribution in [3.63, 3.8) is 0 Å². The van der Waals surface area contributed by atoms with E-state index in [0.29, 0.717) is 43.1 Å². The Morgan fingerprint density at radius 1 is 1.11 bits per heavy atom. The number of benzene rings is 1. The fraction of sp³-hybridized carbons (Fsp3) is 0.636. The quantitative estimate of drug-likeness (QED) is 0.109. The van der Waals surface area contributed by atoms with Gasteiger partial charge in [0.1, 0.15) is 36.8 Å². The summed E-state index contributed by atoms with van der Waals surface area (Å²) in [5, 5.41) is 47.3. The van der Waals surface area contributed by atoms with Crippen LogP contribution >= 0.6 is 35.6 Å². The lowest BCUT2D eigenvalue weighted by molar-refractivity contribution is -0.156. The molecule has 13 heteroatoms. The van der Waals surface area contributed by atoms with E-state index in [2.05, 4.69) is 0 Å². The Bertz CT molecular complexity index is 960. The Morgan fingerprint density at radius 3 is 2.34 bits per heavy atom. The van der Waals surface area contributed by atoms with Gasteiger partial charge >= 0.3 is 5.97 Å². The van der Waals surface area contributed by atoms with E-state index in [4.69, 9.17) is 43.8 Å². The average Bonchev–Trinajstić information content (AvgIpc) is 3.13. The van der Waals surface area contributed by atoms with Crippen LogP contribution in [0, 0.1) is 0 Å². The molecule has 4 unspecified atom stereocenters. The number of nitrogens with two attached hydrogens (primary N) is 1. The maximum Gasteiger partial charge on any atom is 0.305 e. The number of aliphatic hydroxyl groups is 5. The lowest BCUT2D eigenvalue weighted by Crippen LogP contribution is -2.47. The third kappa shape index (κ3) is 8.06. The minimum atomic E-state index is -1.78. The van der Waals surface area contributed by atoms with Crippen LogP contribution in [0.5, 0.6) is 0 Å². The van der Waals surface area contributed by atoms with Crippen LogP contribution in [0.4, 0.5) is 5.69 Å². The van der Waals surface area contributed by atoms with Crippen molar-refractivity contribution < 1.29 is 35.1 Å². The molecular weight excluding hydrogens is 525 g/mol. The topological polar surface area (TPSA) is 171 Å². The van der Waals surface area contributed by atoms with Gasteiger partial charge in [0.2, 0.25) is 0 Å². The van der Waals surface area contributed by atoms with Gasteiger partial charge in [-0.15, -0.1) is 35.6 Å². The molecule has 0 amide bonds. The highest BCUT2D eigenvalue weighted by Crippen LogP contribution is 2.30. The maximum atomic E-state index is 12.0. The smallest absolute Gasteiger partial charge is 0.305 e. The Hall–Kier alpha value is -1.37. The fourth-order valence-electron chi connectivity index (χ4n) is 3.69. The zero-order valence-electron chi connectivity index (χ0n) is 19.4. The molecule has 7 N–H and O–H groups in total. The van der Waals surface area contributed by atoms with Crippen molar-refractivity contribution in [2.45, 2.75) is 56.5 Å². The molecule has 0 aliphatic carbocycles. The number of rotatable bonds is 14. The van der Waals surface area contributed by atoms with Crippen molar-refractivity contribution in [1.29, 1.82) is 0 Å². The minimum Gasteiger partial charge on any atom is -0.463 e. The van der Waals surface area contributed by atoms with E-state index in [1.54, 1.807) is 0 Å². The third-order valence-corrected chi connectivity index (χ3v) is 6.11. The molecule has 1 aromatic carbocycles. The van der Waals surface area contributed by atoms with Crippen LogP contribution in [-0.4, -0.2) is 90.4 Å². The predicted octanol–water partition coefficient (Wildman–Crippen LogP) is 0.442. The second kappa shape index (κ2) is 15.0. The number of aromatic nitrogens is 2. The molecule has 0 aliphatic heterocycles. The summed E-state index contributed by atoms with van der Waals surface area (Å²) < 4.78 is 6.90. The average molecular weight is 559 g/mol. The number of carbonyl (C=O) groups excluding carboxylic acids is 1. The molecule has 0 saturated carbocycles. The molecule has 2 aromatic rings. The number of aliphatic hydroxyl groups excluding tert-OH is 5. The summed E-state index contributed by atoms with van der Waals surface area (Å²) in [7, 11) is 1.89. The van der Waals surface area contributed by atoms with Gasteiger partial charge in [0, 0.05) is 42.9 Å². The van der Waals surface area contributed by atoms with E-state index in [1.807, 2.05) is 17.7 Å². The summed E-state index contributed by atoms with van der Waals surface area (Å²) in [4.78, 5) is 16.8. The normalized spacial score (nSPS) is 14.9. The Morgan fingerprint density at radius 2 is 1.74 bits per heavy atom. The number of fused-ring (bicyclic) bond motifs is 1. The minimum absolute atomic E-state index is 0. The summed E-state index contributed by atoms with van der Waals surface area (Å²) in [6.07, 6.45) is -4.65. The van der Waals surface area contributed by atoms with Gasteiger partial charge < -0.3 is 40.6 Å². The molecule has 4 atom stereocenters. The maximum absolute atomic E-state index is 12.0. The summed E-state index contributed by atoms with van der Waals surface area (Å²) in [6, 6.07) is 1.98. The molecule has 0 aliphatic rings. The van der Waals surface area contributed by atoms with Crippen molar-refractivity contribution >= 4 is 58.3 Å². The monoisotopic (exact) mass is 557 g/mol. The number of carbonyl (C=O) groups is 1. The highest BCUT2D eigenvalue weighted by molar-refractivity contribution is 6.18. The van der Waals surface area contributed by atoms with Crippen molar-refractivity contribution in [3.05, 3.63) is 23.0 Å². The van der Waals surface area contributed by atoms with Gasteiger partial charge in [0.25, 0.3) is 0 Å². The number of ether oxygens (including phenoxy) is 1. The van der Waals surface area contributed by atoms with E-state index >= 15 is 0 Å². The number of anilines is 1. The standard InChI is InChI=1S/C22H33Cl2N3O7.ClH/c1-27-14-9-12(5-7-23)19(25)13(6-8-24)20(14)26-17(27)3-2-4-18(31)34-11-16(30)22(33)21(32)15(29)10-28;/h9,15-16,21-22,28-30,32-33H,2-8,10-11,25H2,1H3;1H. The number of nitrogen functional groups attached to an aromatic ring is 1. The summed E-state index contributed by atoms with van der Waals surface area (Å²) >= 11 is 11.9.